The van der Waals surface area contributed by atoms with Crippen molar-refractivity contribution in [1.29, 1.82) is 0 Å². The Hall–Kier alpha value is -0.370. The van der Waals surface area contributed by atoms with Crippen LogP contribution >= 0.6 is 0 Å². The summed E-state index contributed by atoms with van der Waals surface area (Å²) in [6, 6.07) is 0. The molecule has 0 aromatic carbocycles. The zero-order valence-corrected chi connectivity index (χ0v) is 9.09. The number of carbonyl (C=O) groups excluding carboxylic acids is 1. The molecule has 13 heavy (non-hydrogen) atoms. The third kappa shape index (κ3) is 2.53. The van der Waals surface area contributed by atoms with E-state index in [1.54, 1.807) is 0 Å². The van der Waals surface area contributed by atoms with Crippen molar-refractivity contribution < 1.29 is 9.53 Å². The molecule has 0 amide bonds. The normalized spacial score (nSPS) is 28.1. The lowest BCUT2D eigenvalue weighted by molar-refractivity contribution is -0.146. The monoisotopic (exact) mass is 184 g/mol. The van der Waals surface area contributed by atoms with Crippen molar-refractivity contribution in [1.82, 2.24) is 0 Å². The van der Waals surface area contributed by atoms with Crippen LogP contribution < -0.4 is 0 Å². The zero-order chi connectivity index (χ0) is 10.1. The number of ether oxygens (including phenoxy) is 1. The molecule has 0 aromatic rings. The van der Waals surface area contributed by atoms with Crippen LogP contribution in [0.15, 0.2) is 0 Å². The first-order valence-electron chi connectivity index (χ1n) is 5.13. The predicted molar refractivity (Wildman–Crippen MR) is 52.6 cm³/mol. The molecule has 0 heterocycles. The first-order valence-corrected chi connectivity index (χ1v) is 5.13. The topological polar surface area (TPSA) is 26.3 Å². The molecule has 1 atom stereocenters. The Morgan fingerprint density at radius 3 is 2.62 bits per heavy atom. The highest BCUT2D eigenvalue weighted by molar-refractivity contribution is 5.88. The van der Waals surface area contributed by atoms with Gasteiger partial charge in [-0.1, -0.05) is 13.8 Å². The van der Waals surface area contributed by atoms with Gasteiger partial charge in [0.2, 0.25) is 0 Å². The Balaban J connectivity index is 2.61. The average molecular weight is 184 g/mol. The van der Waals surface area contributed by atoms with Crippen LogP contribution in [0.3, 0.4) is 0 Å². The van der Waals surface area contributed by atoms with Crippen LogP contribution in [-0.2, 0) is 9.53 Å². The van der Waals surface area contributed by atoms with Crippen LogP contribution in [-0.4, -0.2) is 18.0 Å². The zero-order valence-electron chi connectivity index (χ0n) is 9.09. The van der Waals surface area contributed by atoms with Crippen molar-refractivity contribution >= 4 is 5.78 Å². The number of carbonyl (C=O) groups is 1. The first-order chi connectivity index (χ1) is 5.93. The second-order valence-electron chi connectivity index (χ2n) is 4.81. The largest absolute Gasteiger partial charge is 0.368 e. The Kier molecular flexibility index (Phi) is 3.12. The third-order valence-corrected chi connectivity index (χ3v) is 2.66. The number of Topliss-reactive ketones (excluding diaryl/α,β-unsaturated/α-hetero) is 1. The summed E-state index contributed by atoms with van der Waals surface area (Å²) in [6.45, 7) is 8.00. The maximum Gasteiger partial charge on any atom is 0.167 e. The molecule has 2 nitrogen and oxygen atoms in total. The summed E-state index contributed by atoms with van der Waals surface area (Å²) >= 11 is 0. The minimum absolute atomic E-state index is 0.149. The summed E-state index contributed by atoms with van der Waals surface area (Å²) < 4.78 is 5.59. The van der Waals surface area contributed by atoms with Gasteiger partial charge in [0.1, 0.15) is 6.10 Å². The van der Waals surface area contributed by atoms with E-state index in [4.69, 9.17) is 4.74 Å². The summed E-state index contributed by atoms with van der Waals surface area (Å²) in [5.41, 5.74) is -0.169. The molecule has 1 rings (SSSR count). The van der Waals surface area contributed by atoms with Gasteiger partial charge in [-0.3, -0.25) is 4.79 Å². The van der Waals surface area contributed by atoms with Gasteiger partial charge in [-0.05, 0) is 33.1 Å². The first kappa shape index (κ1) is 10.7. The lowest BCUT2D eigenvalue weighted by atomic mass is 9.75. The Bertz CT molecular complexity index is 194. The van der Waals surface area contributed by atoms with Gasteiger partial charge in [-0.25, -0.2) is 0 Å². The SMILES string of the molecule is CC(C)OC1CCCC(C)(C)C1=O. The van der Waals surface area contributed by atoms with E-state index in [-0.39, 0.29) is 23.4 Å². The smallest absolute Gasteiger partial charge is 0.167 e. The third-order valence-electron chi connectivity index (χ3n) is 2.66. The highest BCUT2D eigenvalue weighted by Crippen LogP contribution is 2.33. The molecule has 76 valence electrons. The highest BCUT2D eigenvalue weighted by Gasteiger charge is 2.37. The Morgan fingerprint density at radius 1 is 1.46 bits per heavy atom. The minimum Gasteiger partial charge on any atom is -0.368 e. The Labute approximate surface area is 80.7 Å². The van der Waals surface area contributed by atoms with E-state index in [0.29, 0.717) is 0 Å². The van der Waals surface area contributed by atoms with E-state index >= 15 is 0 Å². The molecule has 0 spiro atoms. The van der Waals surface area contributed by atoms with E-state index in [2.05, 4.69) is 0 Å². The molecular formula is C11H20O2. The fourth-order valence-electron chi connectivity index (χ4n) is 1.88. The molecule has 0 saturated heterocycles. The van der Waals surface area contributed by atoms with Crippen LogP contribution in [0.1, 0.15) is 47.0 Å². The summed E-state index contributed by atoms with van der Waals surface area (Å²) in [7, 11) is 0. The molecule has 1 fully saturated rings. The van der Waals surface area contributed by atoms with Crippen LogP contribution in [0, 0.1) is 5.41 Å². The van der Waals surface area contributed by atoms with Gasteiger partial charge in [-0.15, -0.1) is 0 Å². The molecule has 1 aliphatic rings. The maximum atomic E-state index is 11.9. The average Bonchev–Trinajstić information content (AvgIpc) is 1.98. The van der Waals surface area contributed by atoms with E-state index in [1.165, 1.54) is 0 Å². The van der Waals surface area contributed by atoms with Crippen molar-refractivity contribution in [3.63, 3.8) is 0 Å². The van der Waals surface area contributed by atoms with Crippen molar-refractivity contribution in [2.24, 2.45) is 5.41 Å². The van der Waals surface area contributed by atoms with Gasteiger partial charge in [-0.2, -0.15) is 0 Å². The molecule has 0 bridgehead atoms. The molecule has 0 radical (unpaired) electrons. The summed E-state index contributed by atoms with van der Waals surface area (Å²) in [4.78, 5) is 11.9. The summed E-state index contributed by atoms with van der Waals surface area (Å²) in [5, 5.41) is 0. The van der Waals surface area contributed by atoms with Gasteiger partial charge in [0.25, 0.3) is 0 Å². The van der Waals surface area contributed by atoms with Gasteiger partial charge < -0.3 is 4.74 Å². The van der Waals surface area contributed by atoms with Crippen molar-refractivity contribution in [3.05, 3.63) is 0 Å². The number of hydrogen-bond acceptors (Lipinski definition) is 2. The van der Waals surface area contributed by atoms with Crippen LogP contribution in [0.5, 0.6) is 0 Å². The van der Waals surface area contributed by atoms with E-state index < -0.39 is 0 Å². The molecule has 2 heteroatoms. The van der Waals surface area contributed by atoms with Gasteiger partial charge in [0.15, 0.2) is 5.78 Å². The summed E-state index contributed by atoms with van der Waals surface area (Å²) in [5.74, 6) is 0.285. The van der Waals surface area contributed by atoms with Gasteiger partial charge in [0, 0.05) is 5.41 Å². The lowest BCUT2D eigenvalue weighted by Gasteiger charge is -2.34. The fraction of sp³-hybridized carbons (Fsp3) is 0.909. The highest BCUT2D eigenvalue weighted by atomic mass is 16.5. The Morgan fingerprint density at radius 2 is 2.08 bits per heavy atom. The number of ketones is 1. The van der Waals surface area contributed by atoms with Crippen LogP contribution in [0.2, 0.25) is 0 Å². The molecule has 0 N–H and O–H groups in total. The van der Waals surface area contributed by atoms with Crippen molar-refractivity contribution in [3.8, 4) is 0 Å². The molecular weight excluding hydrogens is 164 g/mol. The van der Waals surface area contributed by atoms with Gasteiger partial charge in [0.05, 0.1) is 6.10 Å². The van der Waals surface area contributed by atoms with Crippen molar-refractivity contribution in [2.45, 2.75) is 59.2 Å². The number of rotatable bonds is 2. The van der Waals surface area contributed by atoms with E-state index in [9.17, 15) is 4.79 Å². The second kappa shape index (κ2) is 3.79. The van der Waals surface area contributed by atoms with Gasteiger partial charge >= 0.3 is 0 Å². The quantitative estimate of drug-likeness (QED) is 0.659. The van der Waals surface area contributed by atoms with E-state index in [0.717, 1.165) is 19.3 Å². The number of hydrogen-bond donors (Lipinski definition) is 0. The fourth-order valence-corrected chi connectivity index (χ4v) is 1.88. The molecule has 0 aliphatic heterocycles. The lowest BCUT2D eigenvalue weighted by Crippen LogP contribution is -2.41. The van der Waals surface area contributed by atoms with E-state index in [1.807, 2.05) is 27.7 Å². The van der Waals surface area contributed by atoms with Crippen LogP contribution in [0.4, 0.5) is 0 Å². The molecule has 1 unspecified atom stereocenters. The second-order valence-corrected chi connectivity index (χ2v) is 4.81. The summed E-state index contributed by atoms with van der Waals surface area (Å²) in [6.07, 6.45) is 3.02. The molecule has 1 saturated carbocycles. The van der Waals surface area contributed by atoms with Crippen molar-refractivity contribution in [2.75, 3.05) is 0 Å². The predicted octanol–water partition coefficient (Wildman–Crippen LogP) is 2.56. The molecule has 0 aromatic heterocycles. The standard InChI is InChI=1S/C11H20O2/c1-8(2)13-9-6-5-7-11(3,4)10(9)12/h8-9H,5-7H2,1-4H3. The van der Waals surface area contributed by atoms with Crippen LogP contribution in [0.25, 0.3) is 0 Å². The minimum atomic E-state index is -0.169. The maximum absolute atomic E-state index is 11.9. The molecule has 1 aliphatic carbocycles.